The zero-order valence-corrected chi connectivity index (χ0v) is 15.0. The number of hydrogen-bond donors (Lipinski definition) is 2. The van der Waals surface area contributed by atoms with E-state index in [1.165, 1.54) is 0 Å². The summed E-state index contributed by atoms with van der Waals surface area (Å²) in [7, 11) is 0. The monoisotopic (exact) mass is 393 g/mol. The smallest absolute Gasteiger partial charge is 0.362 e. The van der Waals surface area contributed by atoms with Crippen molar-refractivity contribution in [2.24, 2.45) is 0 Å². The molecule has 0 aliphatic heterocycles. The lowest BCUT2D eigenvalue weighted by atomic mass is 10.0. The molecule has 0 bridgehead atoms. The molecule has 2 N–H and O–H groups in total. The van der Waals surface area contributed by atoms with Crippen LogP contribution in [0.5, 0.6) is 0 Å². The Kier molecular flexibility index (Phi) is 4.50. The van der Waals surface area contributed by atoms with Crippen molar-refractivity contribution in [3.8, 4) is 11.1 Å². The van der Waals surface area contributed by atoms with Gasteiger partial charge >= 0.3 is 5.63 Å². The molecule has 8 heteroatoms. The molecular weight excluding hydrogens is 382 g/mol. The molecule has 0 atom stereocenters. The van der Waals surface area contributed by atoms with Crippen molar-refractivity contribution >= 4 is 34.3 Å². The molecule has 28 heavy (non-hydrogen) atoms. The van der Waals surface area contributed by atoms with E-state index in [0.29, 0.717) is 16.1 Å². The highest BCUT2D eigenvalue weighted by molar-refractivity contribution is 6.30. The highest BCUT2D eigenvalue weighted by atomic mass is 35.5. The van der Waals surface area contributed by atoms with Gasteiger partial charge in [-0.05, 0) is 29.8 Å². The predicted molar refractivity (Wildman–Crippen MR) is 106 cm³/mol. The summed E-state index contributed by atoms with van der Waals surface area (Å²) in [6.45, 7) is 0. The first-order chi connectivity index (χ1) is 13.5. The van der Waals surface area contributed by atoms with Gasteiger partial charge in [0.15, 0.2) is 0 Å². The Morgan fingerprint density at radius 3 is 2.46 bits per heavy atom. The molecule has 0 unspecified atom stereocenters. The minimum absolute atomic E-state index is 0.0489. The Bertz CT molecular complexity index is 1300. The van der Waals surface area contributed by atoms with Crippen LogP contribution in [0.2, 0.25) is 5.02 Å². The van der Waals surface area contributed by atoms with Crippen molar-refractivity contribution in [2.75, 3.05) is 5.32 Å². The van der Waals surface area contributed by atoms with Gasteiger partial charge in [0.1, 0.15) is 11.1 Å². The first kappa shape index (κ1) is 17.7. The van der Waals surface area contributed by atoms with E-state index in [-0.39, 0.29) is 22.4 Å². The summed E-state index contributed by atoms with van der Waals surface area (Å²) in [4.78, 5) is 44.1. The number of fused-ring (bicyclic) bond motifs is 1. The minimum Gasteiger partial charge on any atom is -0.402 e. The number of H-pyrrole nitrogens is 1. The van der Waals surface area contributed by atoms with Crippen LogP contribution in [0, 0.1) is 0 Å². The third-order valence-electron chi connectivity index (χ3n) is 4.12. The lowest BCUT2D eigenvalue weighted by Crippen LogP contribution is -2.21. The van der Waals surface area contributed by atoms with Crippen molar-refractivity contribution in [1.29, 1.82) is 0 Å². The maximum absolute atomic E-state index is 12.6. The Hall–Kier alpha value is -3.71. The summed E-state index contributed by atoms with van der Waals surface area (Å²) in [6.07, 6.45) is 1.14. The number of carbonyl (C=O) groups is 1. The molecule has 0 radical (unpaired) electrons. The molecular formula is C20H12ClN3O4. The number of benzene rings is 2. The average Bonchev–Trinajstić information content (AvgIpc) is 2.70. The SMILES string of the molecule is O=C(Nc1c(-c2ccc(Cl)cc2)c2c(=O)[nH]cnc2oc1=O)c1ccccc1. The van der Waals surface area contributed by atoms with Gasteiger partial charge in [-0.2, -0.15) is 0 Å². The highest BCUT2D eigenvalue weighted by Gasteiger charge is 2.21. The summed E-state index contributed by atoms with van der Waals surface area (Å²) in [6, 6.07) is 14.9. The number of halogens is 1. The van der Waals surface area contributed by atoms with E-state index < -0.39 is 17.1 Å². The molecule has 7 nitrogen and oxygen atoms in total. The fraction of sp³-hybridized carbons (Fsp3) is 0. The van der Waals surface area contributed by atoms with Gasteiger partial charge in [-0.25, -0.2) is 9.78 Å². The maximum atomic E-state index is 12.6. The van der Waals surface area contributed by atoms with Crippen molar-refractivity contribution in [2.45, 2.75) is 0 Å². The van der Waals surface area contributed by atoms with Crippen molar-refractivity contribution < 1.29 is 9.21 Å². The first-order valence-electron chi connectivity index (χ1n) is 8.21. The number of carbonyl (C=O) groups excluding carboxylic acids is 1. The zero-order valence-electron chi connectivity index (χ0n) is 14.2. The first-order valence-corrected chi connectivity index (χ1v) is 8.59. The third kappa shape index (κ3) is 3.19. The molecule has 2 aromatic heterocycles. The number of rotatable bonds is 3. The quantitative estimate of drug-likeness (QED) is 0.554. The Labute approximate surface area is 162 Å². The van der Waals surface area contributed by atoms with Crippen LogP contribution < -0.4 is 16.5 Å². The normalized spacial score (nSPS) is 10.8. The van der Waals surface area contributed by atoms with Crippen molar-refractivity contribution in [3.05, 3.63) is 92.3 Å². The summed E-state index contributed by atoms with van der Waals surface area (Å²) in [5.41, 5.74) is -0.540. The van der Waals surface area contributed by atoms with Gasteiger partial charge < -0.3 is 14.7 Å². The predicted octanol–water partition coefficient (Wildman–Crippen LogP) is 3.45. The molecule has 2 aromatic carbocycles. The molecule has 4 rings (SSSR count). The van der Waals surface area contributed by atoms with Gasteiger partial charge in [-0.1, -0.05) is 41.9 Å². The number of nitrogens with one attached hydrogen (secondary N) is 2. The molecule has 0 saturated heterocycles. The van der Waals surface area contributed by atoms with E-state index in [1.807, 2.05) is 0 Å². The van der Waals surface area contributed by atoms with Gasteiger partial charge in [-0.15, -0.1) is 0 Å². The molecule has 0 spiro atoms. The van der Waals surface area contributed by atoms with Crippen LogP contribution in [-0.4, -0.2) is 15.9 Å². The minimum atomic E-state index is -0.820. The van der Waals surface area contributed by atoms with Crippen LogP contribution in [0.15, 0.2) is 74.9 Å². The van der Waals surface area contributed by atoms with E-state index in [1.54, 1.807) is 54.6 Å². The van der Waals surface area contributed by atoms with Gasteiger partial charge in [0.2, 0.25) is 5.71 Å². The third-order valence-corrected chi connectivity index (χ3v) is 4.37. The van der Waals surface area contributed by atoms with Crippen molar-refractivity contribution in [3.63, 3.8) is 0 Å². The number of hydrogen-bond acceptors (Lipinski definition) is 5. The number of aromatic nitrogens is 2. The molecule has 0 aliphatic rings. The van der Waals surface area contributed by atoms with E-state index in [2.05, 4.69) is 15.3 Å². The van der Waals surface area contributed by atoms with Crippen LogP contribution in [0.25, 0.3) is 22.2 Å². The van der Waals surface area contributed by atoms with Crippen LogP contribution in [0.4, 0.5) is 5.69 Å². The van der Waals surface area contributed by atoms with E-state index in [0.717, 1.165) is 6.33 Å². The second-order valence-corrected chi connectivity index (χ2v) is 6.31. The van der Waals surface area contributed by atoms with Gasteiger partial charge in [0.05, 0.1) is 6.33 Å². The summed E-state index contributed by atoms with van der Waals surface area (Å²) >= 11 is 5.95. The number of amides is 1. The van der Waals surface area contributed by atoms with E-state index >= 15 is 0 Å². The van der Waals surface area contributed by atoms with Crippen LogP contribution in [-0.2, 0) is 0 Å². The lowest BCUT2D eigenvalue weighted by Gasteiger charge is -2.12. The number of nitrogens with zero attached hydrogens (tertiary/aromatic N) is 1. The Morgan fingerprint density at radius 1 is 1.04 bits per heavy atom. The van der Waals surface area contributed by atoms with Gasteiger partial charge in [-0.3, -0.25) is 9.59 Å². The fourth-order valence-electron chi connectivity index (χ4n) is 2.84. The molecule has 0 saturated carbocycles. The standard InChI is InChI=1S/C20H12ClN3O4/c21-13-8-6-11(7-9-13)14-15-18(26)22-10-23-19(15)28-20(27)16(14)24-17(25)12-4-2-1-3-5-12/h1-10H,(H,24,25)(H,22,23,26). The molecule has 4 aromatic rings. The average molecular weight is 394 g/mol. The van der Waals surface area contributed by atoms with Crippen LogP contribution in [0.3, 0.4) is 0 Å². The van der Waals surface area contributed by atoms with E-state index in [4.69, 9.17) is 16.0 Å². The Balaban J connectivity index is 1.98. The second kappa shape index (κ2) is 7.13. The molecule has 2 heterocycles. The molecule has 138 valence electrons. The molecule has 0 aliphatic carbocycles. The van der Waals surface area contributed by atoms with Crippen LogP contribution >= 0.6 is 11.6 Å². The fourth-order valence-corrected chi connectivity index (χ4v) is 2.97. The van der Waals surface area contributed by atoms with Gasteiger partial charge in [0.25, 0.3) is 11.5 Å². The zero-order chi connectivity index (χ0) is 19.7. The largest absolute Gasteiger partial charge is 0.402 e. The molecule has 1 amide bonds. The topological polar surface area (TPSA) is 105 Å². The van der Waals surface area contributed by atoms with E-state index in [9.17, 15) is 14.4 Å². The maximum Gasteiger partial charge on any atom is 0.362 e. The molecule has 0 fully saturated rings. The van der Waals surface area contributed by atoms with Crippen LogP contribution in [0.1, 0.15) is 10.4 Å². The number of anilines is 1. The highest BCUT2D eigenvalue weighted by Crippen LogP contribution is 2.31. The Morgan fingerprint density at radius 2 is 1.75 bits per heavy atom. The van der Waals surface area contributed by atoms with Crippen molar-refractivity contribution in [1.82, 2.24) is 9.97 Å². The summed E-state index contributed by atoms with van der Waals surface area (Å²) in [5, 5.41) is 3.10. The lowest BCUT2D eigenvalue weighted by molar-refractivity contribution is 0.102. The second-order valence-electron chi connectivity index (χ2n) is 5.88. The summed E-state index contributed by atoms with van der Waals surface area (Å²) < 4.78 is 5.17. The summed E-state index contributed by atoms with van der Waals surface area (Å²) in [5.74, 6) is -0.511. The van der Waals surface area contributed by atoms with Gasteiger partial charge in [0, 0.05) is 16.1 Å². The number of aromatic amines is 1.